The van der Waals surface area contributed by atoms with Crippen LogP contribution in [0.4, 0.5) is 17.1 Å². The second-order valence-corrected chi connectivity index (χ2v) is 16.1. The first kappa shape index (κ1) is 36.5. The lowest BCUT2D eigenvalue weighted by Crippen LogP contribution is -2.10. The third-order valence-electron chi connectivity index (χ3n) is 12.4. The fourth-order valence-corrected chi connectivity index (χ4v) is 9.37. The predicted octanol–water partition coefficient (Wildman–Crippen LogP) is 16.8. The van der Waals surface area contributed by atoms with E-state index in [-0.39, 0.29) is 0 Å². The third kappa shape index (κ3) is 6.38. The Hall–Kier alpha value is -8.40. The Morgan fingerprint density at radius 3 is 1.51 bits per heavy atom. The molecule has 63 heavy (non-hydrogen) atoms. The molecule has 0 spiro atoms. The van der Waals surface area contributed by atoms with Gasteiger partial charge in [0.1, 0.15) is 5.58 Å². The molecule has 2 heterocycles. The highest BCUT2D eigenvalue weighted by molar-refractivity contribution is 6.12. The molecule has 0 unspecified atom stereocenters. The number of benzene rings is 10. The molecule has 3 nitrogen and oxygen atoms in total. The van der Waals surface area contributed by atoms with Crippen molar-refractivity contribution in [3.8, 4) is 50.2 Å². The van der Waals surface area contributed by atoms with E-state index in [4.69, 9.17) is 4.42 Å². The number of hydrogen-bond donors (Lipinski definition) is 0. The van der Waals surface area contributed by atoms with Crippen molar-refractivity contribution in [2.24, 2.45) is 0 Å². The highest BCUT2D eigenvalue weighted by atomic mass is 16.3. The number of fused-ring (bicyclic) bond motifs is 6. The van der Waals surface area contributed by atoms with Crippen molar-refractivity contribution < 1.29 is 4.42 Å². The molecule has 10 aromatic carbocycles. The van der Waals surface area contributed by atoms with Crippen LogP contribution < -0.4 is 4.90 Å². The number of aromatic nitrogens is 1. The van der Waals surface area contributed by atoms with Crippen LogP contribution in [-0.2, 0) is 0 Å². The average molecular weight is 805 g/mol. The Kier molecular flexibility index (Phi) is 8.83. The van der Waals surface area contributed by atoms with Crippen molar-refractivity contribution in [3.05, 3.63) is 243 Å². The summed E-state index contributed by atoms with van der Waals surface area (Å²) in [5.74, 6) is 0. The van der Waals surface area contributed by atoms with Gasteiger partial charge in [0.2, 0.25) is 0 Å². The summed E-state index contributed by atoms with van der Waals surface area (Å²) in [5.41, 5.74) is 17.9. The van der Waals surface area contributed by atoms with Gasteiger partial charge in [-0.15, -0.1) is 0 Å². The van der Waals surface area contributed by atoms with Gasteiger partial charge < -0.3 is 13.9 Å². The number of para-hydroxylation sites is 4. The highest BCUT2D eigenvalue weighted by Crippen LogP contribution is 2.43. The highest BCUT2D eigenvalue weighted by Gasteiger charge is 2.20. The Morgan fingerprint density at radius 1 is 0.317 bits per heavy atom. The molecule has 0 aliphatic heterocycles. The lowest BCUT2D eigenvalue weighted by Gasteiger charge is -2.26. The molecule has 0 atom stereocenters. The molecule has 0 bridgehead atoms. The zero-order valence-corrected chi connectivity index (χ0v) is 34.4. The molecule has 0 amide bonds. The molecule has 296 valence electrons. The van der Waals surface area contributed by atoms with Crippen LogP contribution in [0.2, 0.25) is 0 Å². The minimum absolute atomic E-state index is 0.864. The Morgan fingerprint density at radius 2 is 0.810 bits per heavy atom. The normalized spacial score (nSPS) is 11.5. The van der Waals surface area contributed by atoms with Gasteiger partial charge in [0, 0.05) is 38.5 Å². The van der Waals surface area contributed by atoms with Gasteiger partial charge in [-0.3, -0.25) is 0 Å². The van der Waals surface area contributed by atoms with Crippen molar-refractivity contribution in [3.63, 3.8) is 0 Å². The number of furan rings is 1. The molecule has 0 aliphatic carbocycles. The van der Waals surface area contributed by atoms with E-state index in [1.807, 2.05) is 12.1 Å². The molecule has 2 aromatic heterocycles. The largest absolute Gasteiger partial charge is 0.454 e. The van der Waals surface area contributed by atoms with E-state index >= 15 is 0 Å². The summed E-state index contributed by atoms with van der Waals surface area (Å²) in [6.07, 6.45) is 0. The van der Waals surface area contributed by atoms with Crippen molar-refractivity contribution in [2.45, 2.75) is 0 Å². The van der Waals surface area contributed by atoms with Crippen LogP contribution in [-0.4, -0.2) is 4.57 Å². The summed E-state index contributed by atoms with van der Waals surface area (Å²) in [6, 6.07) is 86.9. The maximum absolute atomic E-state index is 6.59. The fraction of sp³-hybridized carbons (Fsp3) is 0. The van der Waals surface area contributed by atoms with Crippen molar-refractivity contribution in [2.75, 3.05) is 4.90 Å². The van der Waals surface area contributed by atoms with Gasteiger partial charge in [-0.1, -0.05) is 182 Å². The van der Waals surface area contributed by atoms with Crippen LogP contribution in [0, 0.1) is 0 Å². The lowest BCUT2D eigenvalue weighted by atomic mass is 9.98. The summed E-state index contributed by atoms with van der Waals surface area (Å²) in [7, 11) is 0. The molecule has 3 heteroatoms. The average Bonchev–Trinajstić information content (AvgIpc) is 3.91. The standard InChI is InChI=1S/C60H40N2O/c1-3-14-41(15-4-1)44-30-35-48(36-31-44)61(58-24-13-21-53-52-20-9-12-25-59(52)63-60(53)58)49-37-32-45(33-38-49)43-26-28-46(29-27-43)50-18-7-10-22-55(50)62-56-23-11-8-19-51(56)54-40-47(34-39-57(54)62)42-16-5-2-6-17-42/h1-40H. The van der Waals surface area contributed by atoms with E-state index in [0.717, 1.165) is 55.8 Å². The molecular weight excluding hydrogens is 765 g/mol. The van der Waals surface area contributed by atoms with Crippen LogP contribution in [0.25, 0.3) is 93.9 Å². The molecule has 12 aromatic rings. The van der Waals surface area contributed by atoms with Gasteiger partial charge in [-0.05, 0) is 99.6 Å². The van der Waals surface area contributed by atoms with Crippen LogP contribution in [0.3, 0.4) is 0 Å². The lowest BCUT2D eigenvalue weighted by molar-refractivity contribution is 0.669. The Labute approximate surface area is 366 Å². The monoisotopic (exact) mass is 804 g/mol. The summed E-state index contributed by atoms with van der Waals surface area (Å²) in [4.78, 5) is 2.31. The molecule has 0 fully saturated rings. The van der Waals surface area contributed by atoms with Crippen molar-refractivity contribution in [1.82, 2.24) is 4.57 Å². The van der Waals surface area contributed by atoms with E-state index in [2.05, 4.69) is 240 Å². The Balaban J connectivity index is 0.904. The van der Waals surface area contributed by atoms with E-state index in [1.54, 1.807) is 0 Å². The molecule has 0 saturated heterocycles. The third-order valence-corrected chi connectivity index (χ3v) is 12.4. The summed E-state index contributed by atoms with van der Waals surface area (Å²) in [5, 5.41) is 4.71. The van der Waals surface area contributed by atoms with Gasteiger partial charge in [0.25, 0.3) is 0 Å². The SMILES string of the molecule is c1ccc(-c2ccc(N(c3ccc(-c4ccc(-c5ccccc5-n5c6ccccc6c6cc(-c7ccccc7)ccc65)cc4)cc3)c3cccc4c3oc3ccccc34)cc2)cc1. The van der Waals surface area contributed by atoms with Gasteiger partial charge in [0.05, 0.1) is 22.4 Å². The molecule has 12 rings (SSSR count). The zero-order chi connectivity index (χ0) is 41.7. The van der Waals surface area contributed by atoms with Gasteiger partial charge in [-0.25, -0.2) is 0 Å². The number of anilines is 3. The first-order chi connectivity index (χ1) is 31.2. The van der Waals surface area contributed by atoms with Gasteiger partial charge in [-0.2, -0.15) is 0 Å². The second kappa shape index (κ2) is 15.3. The topological polar surface area (TPSA) is 21.3 Å². The zero-order valence-electron chi connectivity index (χ0n) is 34.4. The van der Waals surface area contributed by atoms with Gasteiger partial charge in [0.15, 0.2) is 5.58 Å². The van der Waals surface area contributed by atoms with E-state index in [0.29, 0.717) is 0 Å². The van der Waals surface area contributed by atoms with E-state index < -0.39 is 0 Å². The van der Waals surface area contributed by atoms with Crippen molar-refractivity contribution in [1.29, 1.82) is 0 Å². The minimum Gasteiger partial charge on any atom is -0.454 e. The first-order valence-electron chi connectivity index (χ1n) is 21.5. The summed E-state index contributed by atoms with van der Waals surface area (Å²) < 4.78 is 9.02. The van der Waals surface area contributed by atoms with Crippen LogP contribution in [0.5, 0.6) is 0 Å². The van der Waals surface area contributed by atoms with E-state index in [1.165, 1.54) is 55.2 Å². The number of nitrogens with zero attached hydrogens (tertiary/aromatic N) is 2. The first-order valence-corrected chi connectivity index (χ1v) is 21.5. The summed E-state index contributed by atoms with van der Waals surface area (Å²) >= 11 is 0. The molecular formula is C60H40N2O. The predicted molar refractivity (Wildman–Crippen MR) is 264 cm³/mol. The van der Waals surface area contributed by atoms with Crippen molar-refractivity contribution >= 4 is 60.8 Å². The smallest absolute Gasteiger partial charge is 0.159 e. The van der Waals surface area contributed by atoms with Crippen LogP contribution >= 0.6 is 0 Å². The summed E-state index contributed by atoms with van der Waals surface area (Å²) in [6.45, 7) is 0. The minimum atomic E-state index is 0.864. The Bertz CT molecular complexity index is 3580. The van der Waals surface area contributed by atoms with Crippen LogP contribution in [0.15, 0.2) is 247 Å². The molecule has 0 saturated carbocycles. The maximum Gasteiger partial charge on any atom is 0.159 e. The molecule has 0 aliphatic rings. The van der Waals surface area contributed by atoms with Gasteiger partial charge >= 0.3 is 0 Å². The van der Waals surface area contributed by atoms with E-state index in [9.17, 15) is 0 Å². The number of rotatable bonds is 8. The molecule has 0 N–H and O–H groups in total. The quantitative estimate of drug-likeness (QED) is 0.153. The maximum atomic E-state index is 6.59. The second-order valence-electron chi connectivity index (χ2n) is 16.1. The fourth-order valence-electron chi connectivity index (χ4n) is 9.37. The molecule has 0 radical (unpaired) electrons. The van der Waals surface area contributed by atoms with Crippen LogP contribution in [0.1, 0.15) is 0 Å². The number of hydrogen-bond acceptors (Lipinski definition) is 2.